The summed E-state index contributed by atoms with van der Waals surface area (Å²) in [5.74, 6) is 0.519. The number of rotatable bonds is 8. The van der Waals surface area contributed by atoms with Crippen molar-refractivity contribution < 1.29 is 23.9 Å². The Hall–Kier alpha value is -3.46. The zero-order valence-corrected chi connectivity index (χ0v) is 19.4. The summed E-state index contributed by atoms with van der Waals surface area (Å²) in [6, 6.07) is 7.94. The molecule has 1 aliphatic heterocycles. The van der Waals surface area contributed by atoms with Crippen LogP contribution in [0.3, 0.4) is 0 Å². The van der Waals surface area contributed by atoms with Gasteiger partial charge in [-0.2, -0.15) is 0 Å². The monoisotopic (exact) mass is 500 g/mol. The number of nitro groups is 1. The van der Waals surface area contributed by atoms with Crippen molar-refractivity contribution in [3.63, 3.8) is 0 Å². The zero-order valence-electron chi connectivity index (χ0n) is 17.8. The van der Waals surface area contributed by atoms with E-state index in [2.05, 4.69) is 27.5 Å². The van der Waals surface area contributed by atoms with Gasteiger partial charge in [0.25, 0.3) is 5.69 Å². The van der Waals surface area contributed by atoms with Gasteiger partial charge in [0.05, 0.1) is 16.0 Å². The van der Waals surface area contributed by atoms with Crippen molar-refractivity contribution in [1.82, 2.24) is 0 Å². The van der Waals surface area contributed by atoms with Gasteiger partial charge >= 0.3 is 5.97 Å². The highest BCUT2D eigenvalue weighted by Crippen LogP contribution is 2.38. The van der Waals surface area contributed by atoms with Crippen LogP contribution in [0.25, 0.3) is 6.08 Å². The van der Waals surface area contributed by atoms with Gasteiger partial charge in [-0.25, -0.2) is 9.79 Å². The van der Waals surface area contributed by atoms with E-state index in [0.29, 0.717) is 45.9 Å². The molecule has 0 aromatic heterocycles. The molecule has 0 bridgehead atoms. The molecule has 2 aromatic rings. The van der Waals surface area contributed by atoms with E-state index in [9.17, 15) is 14.9 Å². The lowest BCUT2D eigenvalue weighted by molar-refractivity contribution is -0.385. The predicted octanol–water partition coefficient (Wildman–Crippen LogP) is 5.36. The second-order valence-corrected chi connectivity index (χ2v) is 7.96. The summed E-state index contributed by atoms with van der Waals surface area (Å²) in [6.07, 6.45) is 1.57. The molecule has 0 unspecified atom stereocenters. The molecule has 0 atom stereocenters. The molecule has 0 radical (unpaired) electrons. The Balaban J connectivity index is 1.94. The molecule has 9 heteroatoms. The molecule has 0 saturated heterocycles. The molecular weight excluding hydrogens is 480 g/mol. The van der Waals surface area contributed by atoms with Crippen LogP contribution in [-0.2, 0) is 9.53 Å². The zero-order chi connectivity index (χ0) is 23.4. The van der Waals surface area contributed by atoms with Crippen LogP contribution in [-0.4, -0.2) is 30.0 Å². The van der Waals surface area contributed by atoms with E-state index in [-0.39, 0.29) is 17.3 Å². The van der Waals surface area contributed by atoms with Crippen molar-refractivity contribution in [2.45, 2.75) is 20.8 Å². The number of hydrogen-bond acceptors (Lipinski definition) is 7. The fraction of sp³-hybridized carbons (Fsp3) is 0.217. The van der Waals surface area contributed by atoms with Crippen LogP contribution in [0.5, 0.6) is 11.5 Å². The molecule has 3 rings (SSSR count). The fourth-order valence-corrected chi connectivity index (χ4v) is 3.53. The number of nitro benzene ring substituents is 1. The van der Waals surface area contributed by atoms with Gasteiger partial charge in [-0.3, -0.25) is 10.1 Å². The quantitative estimate of drug-likeness (QED) is 0.159. The van der Waals surface area contributed by atoms with Crippen molar-refractivity contribution in [1.29, 1.82) is 0 Å². The first-order valence-corrected chi connectivity index (χ1v) is 10.5. The van der Waals surface area contributed by atoms with Gasteiger partial charge in [-0.1, -0.05) is 6.58 Å². The Kier molecular flexibility index (Phi) is 7.09. The molecule has 8 nitrogen and oxygen atoms in total. The predicted molar refractivity (Wildman–Crippen MR) is 124 cm³/mol. The number of nitrogens with zero attached hydrogens (tertiary/aromatic N) is 2. The van der Waals surface area contributed by atoms with E-state index >= 15 is 0 Å². The molecule has 32 heavy (non-hydrogen) atoms. The number of ether oxygens (including phenoxy) is 3. The van der Waals surface area contributed by atoms with Crippen molar-refractivity contribution in [2.75, 3.05) is 13.2 Å². The number of hydrogen-bond donors (Lipinski definition) is 0. The first-order valence-electron chi connectivity index (χ1n) is 9.71. The first-order chi connectivity index (χ1) is 15.2. The topological polar surface area (TPSA) is 100 Å². The summed E-state index contributed by atoms with van der Waals surface area (Å²) in [4.78, 5) is 27.2. The number of benzene rings is 2. The molecule has 0 spiro atoms. The molecule has 1 heterocycles. The Morgan fingerprint density at radius 2 is 2.06 bits per heavy atom. The summed E-state index contributed by atoms with van der Waals surface area (Å²) >= 11 is 3.49. The molecular formula is C23H21BrN2O6. The van der Waals surface area contributed by atoms with E-state index in [4.69, 9.17) is 14.2 Å². The number of cyclic esters (lactones) is 1. The van der Waals surface area contributed by atoms with Crippen molar-refractivity contribution in [2.24, 2.45) is 4.99 Å². The van der Waals surface area contributed by atoms with Crippen LogP contribution >= 0.6 is 15.9 Å². The summed E-state index contributed by atoms with van der Waals surface area (Å²) < 4.78 is 17.4. The van der Waals surface area contributed by atoms with E-state index < -0.39 is 10.9 Å². The Bertz CT molecular complexity index is 1170. The average Bonchev–Trinajstić information content (AvgIpc) is 3.07. The van der Waals surface area contributed by atoms with Gasteiger partial charge in [0.2, 0.25) is 5.90 Å². The summed E-state index contributed by atoms with van der Waals surface area (Å²) in [5.41, 5.74) is 2.52. The summed E-state index contributed by atoms with van der Waals surface area (Å²) in [5, 5.41) is 11.0. The SMILES string of the molecule is C=C(C)COc1c(Br)cc(/C=C2\N=C(c3ccc([N+](=O)[O-])c(C)c3)OC2=O)cc1OCC. The van der Waals surface area contributed by atoms with Crippen LogP contribution in [0.1, 0.15) is 30.5 Å². The van der Waals surface area contributed by atoms with Gasteiger partial charge in [-0.05, 0) is 78.2 Å². The molecule has 0 amide bonds. The molecule has 0 N–H and O–H groups in total. The lowest BCUT2D eigenvalue weighted by Gasteiger charge is -2.14. The second kappa shape index (κ2) is 9.78. The van der Waals surface area contributed by atoms with E-state index in [1.807, 2.05) is 13.8 Å². The molecule has 2 aromatic carbocycles. The maximum atomic E-state index is 12.4. The maximum Gasteiger partial charge on any atom is 0.363 e. The summed E-state index contributed by atoms with van der Waals surface area (Å²) in [6.45, 7) is 9.93. The Morgan fingerprint density at radius 1 is 1.31 bits per heavy atom. The molecule has 166 valence electrons. The average molecular weight is 501 g/mol. The molecule has 0 saturated carbocycles. The van der Waals surface area contributed by atoms with Crippen LogP contribution in [0, 0.1) is 17.0 Å². The fourth-order valence-electron chi connectivity index (χ4n) is 2.95. The Morgan fingerprint density at radius 3 is 2.69 bits per heavy atom. The largest absolute Gasteiger partial charge is 0.490 e. The Labute approximate surface area is 193 Å². The highest BCUT2D eigenvalue weighted by molar-refractivity contribution is 9.10. The van der Waals surface area contributed by atoms with Crippen molar-refractivity contribution in [3.05, 3.63) is 79.5 Å². The smallest absolute Gasteiger partial charge is 0.363 e. The number of aliphatic imine (C=N–C) groups is 1. The minimum Gasteiger partial charge on any atom is -0.490 e. The maximum absolute atomic E-state index is 12.4. The van der Waals surface area contributed by atoms with Gasteiger partial charge in [0.15, 0.2) is 17.2 Å². The number of carbonyl (C=O) groups excluding carboxylic acids is 1. The highest BCUT2D eigenvalue weighted by Gasteiger charge is 2.25. The third-order valence-corrected chi connectivity index (χ3v) is 4.95. The second-order valence-electron chi connectivity index (χ2n) is 7.10. The standard InChI is InChI=1S/C23H21BrN2O6/c1-5-30-20-11-15(9-17(24)21(20)31-12-13(2)3)10-18-23(27)32-22(25-18)16-6-7-19(26(28)29)14(4)8-16/h6-11H,2,5,12H2,1,3-4H3/b18-10-. The minimum atomic E-state index is -0.618. The van der Waals surface area contributed by atoms with Gasteiger partial charge in [0, 0.05) is 17.2 Å². The lowest BCUT2D eigenvalue weighted by atomic mass is 10.1. The molecule has 1 aliphatic rings. The third-order valence-electron chi connectivity index (χ3n) is 4.36. The lowest BCUT2D eigenvalue weighted by Crippen LogP contribution is -2.06. The van der Waals surface area contributed by atoms with E-state index in [0.717, 1.165) is 5.57 Å². The normalized spacial score (nSPS) is 14.2. The minimum absolute atomic E-state index is 0.0169. The number of esters is 1. The first kappa shape index (κ1) is 23.2. The van der Waals surface area contributed by atoms with Gasteiger partial charge in [0.1, 0.15) is 6.61 Å². The van der Waals surface area contributed by atoms with Crippen molar-refractivity contribution >= 4 is 39.6 Å². The van der Waals surface area contributed by atoms with Crippen LogP contribution < -0.4 is 9.47 Å². The molecule has 0 fully saturated rings. The van der Waals surface area contributed by atoms with Crippen LogP contribution in [0.2, 0.25) is 0 Å². The van der Waals surface area contributed by atoms with Crippen LogP contribution in [0.15, 0.2) is 57.6 Å². The number of halogens is 1. The molecule has 0 aliphatic carbocycles. The highest BCUT2D eigenvalue weighted by atomic mass is 79.9. The van der Waals surface area contributed by atoms with Gasteiger partial charge in [-0.15, -0.1) is 0 Å². The van der Waals surface area contributed by atoms with Gasteiger partial charge < -0.3 is 14.2 Å². The third kappa shape index (κ3) is 5.23. The number of carbonyl (C=O) groups is 1. The van der Waals surface area contributed by atoms with E-state index in [1.165, 1.54) is 12.1 Å². The van der Waals surface area contributed by atoms with Crippen molar-refractivity contribution in [3.8, 4) is 11.5 Å². The number of aryl methyl sites for hydroxylation is 1. The van der Waals surface area contributed by atoms with Crippen LogP contribution in [0.4, 0.5) is 5.69 Å². The van der Waals surface area contributed by atoms with E-state index in [1.54, 1.807) is 31.2 Å². The summed E-state index contributed by atoms with van der Waals surface area (Å²) in [7, 11) is 0.